The van der Waals surface area contributed by atoms with Crippen LogP contribution in [0.25, 0.3) is 22.4 Å². The number of nitrogen functional groups attached to an aromatic ring is 1. The van der Waals surface area contributed by atoms with E-state index in [1.165, 1.54) is 30.6 Å². The first-order chi connectivity index (χ1) is 15.8. The number of carbonyl (C=O) groups is 1. The Morgan fingerprint density at radius 2 is 1.88 bits per heavy atom. The Morgan fingerprint density at radius 1 is 1.09 bits per heavy atom. The third-order valence-corrected chi connectivity index (χ3v) is 7.14. The van der Waals surface area contributed by atoms with E-state index >= 15 is 0 Å². The quantitative estimate of drug-likeness (QED) is 0.593. The van der Waals surface area contributed by atoms with Crippen LogP contribution in [0.3, 0.4) is 0 Å². The third kappa shape index (κ3) is 4.86. The molecule has 1 aliphatic rings. The molecule has 0 saturated carbocycles. The van der Waals surface area contributed by atoms with Crippen LogP contribution in [-0.4, -0.2) is 48.8 Å². The van der Waals surface area contributed by atoms with Gasteiger partial charge >= 0.3 is 0 Å². The summed E-state index contributed by atoms with van der Waals surface area (Å²) in [5.74, 6) is -0.610. The van der Waals surface area contributed by atoms with Gasteiger partial charge in [0.1, 0.15) is 17.7 Å². The summed E-state index contributed by atoms with van der Waals surface area (Å²) in [4.78, 5) is 22.1. The van der Waals surface area contributed by atoms with Crippen LogP contribution in [0.2, 0.25) is 0 Å². The normalized spacial score (nSPS) is 17.1. The van der Waals surface area contributed by atoms with Crippen molar-refractivity contribution in [2.45, 2.75) is 30.2 Å². The molecule has 1 aliphatic heterocycles. The number of hydrogen-bond donors (Lipinski definition) is 2. The van der Waals surface area contributed by atoms with Crippen molar-refractivity contribution in [3.05, 3.63) is 60.7 Å². The maximum Gasteiger partial charge on any atom is 0.241 e. The first-order valence-electron chi connectivity index (χ1n) is 10.5. The maximum atomic E-state index is 14.9. The standard InChI is InChI=1S/C23H24FN5O3S/c1-29-11-5-4-7-19(23(29)30)28-33(31,32)21-8-3-2-6-16(21)15-9-10-17(18(24)12-15)20-13-27-22(25)14-26-20/h2-3,6,8-10,12-14,19,28H,4-5,7,11H2,1H3,(H2,25,27). The van der Waals surface area contributed by atoms with Gasteiger partial charge in [-0.1, -0.05) is 24.3 Å². The van der Waals surface area contributed by atoms with Crippen LogP contribution in [0.15, 0.2) is 59.8 Å². The molecule has 1 aromatic heterocycles. The minimum absolute atomic E-state index is 0.0240. The van der Waals surface area contributed by atoms with Crippen molar-refractivity contribution in [1.82, 2.24) is 19.6 Å². The van der Waals surface area contributed by atoms with Gasteiger partial charge in [0, 0.05) is 24.7 Å². The van der Waals surface area contributed by atoms with Gasteiger partial charge in [0.25, 0.3) is 0 Å². The van der Waals surface area contributed by atoms with E-state index in [2.05, 4.69) is 14.7 Å². The molecule has 0 bridgehead atoms. The first kappa shape index (κ1) is 22.8. The second-order valence-electron chi connectivity index (χ2n) is 7.95. The van der Waals surface area contributed by atoms with Crippen LogP contribution < -0.4 is 10.5 Å². The summed E-state index contributed by atoms with van der Waals surface area (Å²) < 4.78 is 44.0. The van der Waals surface area contributed by atoms with Crippen LogP contribution >= 0.6 is 0 Å². The molecule has 4 rings (SSSR count). The minimum Gasteiger partial charge on any atom is -0.382 e. The average molecular weight is 470 g/mol. The molecule has 0 radical (unpaired) electrons. The monoisotopic (exact) mass is 469 g/mol. The second-order valence-corrected chi connectivity index (χ2v) is 9.63. The van der Waals surface area contributed by atoms with Gasteiger partial charge in [-0.15, -0.1) is 0 Å². The molecule has 1 amide bonds. The van der Waals surface area contributed by atoms with Crippen molar-refractivity contribution >= 4 is 21.7 Å². The van der Waals surface area contributed by atoms with Crippen molar-refractivity contribution in [1.29, 1.82) is 0 Å². The molecule has 2 aromatic carbocycles. The van der Waals surface area contributed by atoms with Crippen LogP contribution in [0.5, 0.6) is 0 Å². The number of carbonyl (C=O) groups excluding carboxylic acids is 1. The molecule has 33 heavy (non-hydrogen) atoms. The Balaban J connectivity index is 1.68. The lowest BCUT2D eigenvalue weighted by Crippen LogP contribution is -2.46. The molecule has 1 fully saturated rings. The molecule has 1 atom stereocenters. The largest absolute Gasteiger partial charge is 0.382 e. The molecule has 0 spiro atoms. The lowest BCUT2D eigenvalue weighted by atomic mass is 10.0. The van der Waals surface area contributed by atoms with Crippen LogP contribution in [-0.2, 0) is 14.8 Å². The van der Waals surface area contributed by atoms with E-state index in [0.29, 0.717) is 29.8 Å². The number of sulfonamides is 1. The maximum absolute atomic E-state index is 14.9. The number of nitrogens with zero attached hydrogens (tertiary/aromatic N) is 3. The van der Waals surface area contributed by atoms with Gasteiger partial charge in [-0.25, -0.2) is 17.8 Å². The zero-order valence-electron chi connectivity index (χ0n) is 18.0. The predicted octanol–water partition coefficient (Wildman–Crippen LogP) is 2.82. The lowest BCUT2D eigenvalue weighted by molar-refractivity contribution is -0.131. The van der Waals surface area contributed by atoms with Gasteiger partial charge in [0.15, 0.2) is 0 Å². The third-order valence-electron chi connectivity index (χ3n) is 5.61. The van der Waals surface area contributed by atoms with Crippen LogP contribution in [0.4, 0.5) is 10.2 Å². The molecule has 3 N–H and O–H groups in total. The topological polar surface area (TPSA) is 118 Å². The number of anilines is 1. The number of likely N-dealkylation sites (N-methyl/N-ethyl adjacent to an activating group) is 1. The number of nitrogens with one attached hydrogen (secondary N) is 1. The summed E-state index contributed by atoms with van der Waals surface area (Å²) in [5, 5.41) is 0. The van der Waals surface area contributed by atoms with E-state index in [0.717, 1.165) is 12.8 Å². The smallest absolute Gasteiger partial charge is 0.241 e. The fourth-order valence-corrected chi connectivity index (χ4v) is 5.32. The number of nitrogens with two attached hydrogens (primary N) is 1. The van der Waals surface area contributed by atoms with Crippen molar-refractivity contribution in [3.63, 3.8) is 0 Å². The minimum atomic E-state index is -4.05. The van der Waals surface area contributed by atoms with E-state index in [1.807, 2.05) is 0 Å². The Kier molecular flexibility index (Phi) is 6.39. The summed E-state index contributed by atoms with van der Waals surface area (Å²) in [6, 6.07) is 9.88. The van der Waals surface area contributed by atoms with E-state index in [9.17, 15) is 17.6 Å². The highest BCUT2D eigenvalue weighted by molar-refractivity contribution is 7.89. The van der Waals surface area contributed by atoms with Gasteiger partial charge in [0.2, 0.25) is 15.9 Å². The Labute approximate surface area is 191 Å². The van der Waals surface area contributed by atoms with E-state index in [4.69, 9.17) is 5.73 Å². The fourth-order valence-electron chi connectivity index (χ4n) is 3.86. The Hall–Kier alpha value is -3.37. The van der Waals surface area contributed by atoms with Crippen molar-refractivity contribution < 1.29 is 17.6 Å². The zero-order chi connectivity index (χ0) is 23.6. The van der Waals surface area contributed by atoms with E-state index < -0.39 is 21.9 Å². The molecule has 3 aromatic rings. The molecule has 0 aliphatic carbocycles. The van der Waals surface area contributed by atoms with Gasteiger partial charge in [-0.3, -0.25) is 9.78 Å². The highest BCUT2D eigenvalue weighted by Gasteiger charge is 2.30. The summed E-state index contributed by atoms with van der Waals surface area (Å²) in [7, 11) is -2.38. The molecule has 8 nitrogen and oxygen atoms in total. The number of amides is 1. The highest BCUT2D eigenvalue weighted by atomic mass is 32.2. The van der Waals surface area contributed by atoms with Crippen LogP contribution in [0, 0.1) is 5.82 Å². The number of benzene rings is 2. The van der Waals surface area contributed by atoms with Crippen molar-refractivity contribution in [2.24, 2.45) is 0 Å². The van der Waals surface area contributed by atoms with E-state index in [-0.39, 0.29) is 22.2 Å². The van der Waals surface area contributed by atoms with Gasteiger partial charge in [-0.05, 0) is 43.0 Å². The summed E-state index contributed by atoms with van der Waals surface area (Å²) in [5.41, 5.74) is 6.78. The second kappa shape index (κ2) is 9.24. The Morgan fingerprint density at radius 3 is 2.61 bits per heavy atom. The number of hydrogen-bond acceptors (Lipinski definition) is 6. The first-order valence-corrected chi connectivity index (χ1v) is 12.0. The van der Waals surface area contributed by atoms with Gasteiger partial charge in [0.05, 0.1) is 23.0 Å². The number of likely N-dealkylation sites (tertiary alicyclic amines) is 1. The fraction of sp³-hybridized carbons (Fsp3) is 0.261. The molecular weight excluding hydrogens is 445 g/mol. The SMILES string of the molecule is CN1CCCCC(NS(=O)(=O)c2ccccc2-c2ccc(-c3cnc(N)cn3)c(F)c2)C1=O. The molecular formula is C23H24FN5O3S. The van der Waals surface area contributed by atoms with Gasteiger partial charge < -0.3 is 10.6 Å². The van der Waals surface area contributed by atoms with Crippen molar-refractivity contribution in [2.75, 3.05) is 19.3 Å². The lowest BCUT2D eigenvalue weighted by Gasteiger charge is -2.21. The average Bonchev–Trinajstić information content (AvgIpc) is 2.95. The summed E-state index contributed by atoms with van der Waals surface area (Å²) in [6.07, 6.45) is 4.70. The Bertz CT molecular complexity index is 1280. The number of rotatable bonds is 5. The summed E-state index contributed by atoms with van der Waals surface area (Å²) >= 11 is 0. The molecule has 1 unspecified atom stereocenters. The summed E-state index contributed by atoms with van der Waals surface area (Å²) in [6.45, 7) is 0.595. The van der Waals surface area contributed by atoms with E-state index in [1.54, 1.807) is 36.2 Å². The van der Waals surface area contributed by atoms with Crippen LogP contribution in [0.1, 0.15) is 19.3 Å². The van der Waals surface area contributed by atoms with Crippen molar-refractivity contribution in [3.8, 4) is 22.4 Å². The molecule has 1 saturated heterocycles. The predicted molar refractivity (Wildman–Crippen MR) is 123 cm³/mol. The molecule has 2 heterocycles. The van der Waals surface area contributed by atoms with Gasteiger partial charge in [-0.2, -0.15) is 4.72 Å². The number of halogens is 1. The zero-order valence-corrected chi connectivity index (χ0v) is 18.8. The molecule has 172 valence electrons. The number of aromatic nitrogens is 2. The molecule has 10 heteroatoms. The highest BCUT2D eigenvalue weighted by Crippen LogP contribution is 2.31.